The van der Waals surface area contributed by atoms with Gasteiger partial charge in [-0.1, -0.05) is 22.0 Å². The molecule has 0 bridgehead atoms. The van der Waals surface area contributed by atoms with Gasteiger partial charge in [0.25, 0.3) is 5.82 Å². The van der Waals surface area contributed by atoms with E-state index in [0.29, 0.717) is 0 Å². The summed E-state index contributed by atoms with van der Waals surface area (Å²) in [7, 11) is 1.68. The van der Waals surface area contributed by atoms with Crippen LogP contribution in [-0.2, 0) is 0 Å². The van der Waals surface area contributed by atoms with Crippen molar-refractivity contribution in [2.75, 3.05) is 38.2 Å². The summed E-state index contributed by atoms with van der Waals surface area (Å²) in [5.41, 5.74) is 0.973. The average molecular weight is 376 g/mol. The van der Waals surface area contributed by atoms with Crippen molar-refractivity contribution in [3.63, 3.8) is 0 Å². The molecule has 1 aliphatic heterocycles. The molecule has 0 unspecified atom stereocenters. The number of rotatable bonds is 4. The molecule has 0 atom stereocenters. The molecule has 2 heterocycles. The quantitative estimate of drug-likeness (QED) is 0.770. The molecule has 1 aromatic heterocycles. The van der Waals surface area contributed by atoms with Crippen molar-refractivity contribution in [1.29, 1.82) is 0 Å². The van der Waals surface area contributed by atoms with Crippen LogP contribution >= 0.6 is 15.9 Å². The van der Waals surface area contributed by atoms with Crippen molar-refractivity contribution in [3.05, 3.63) is 52.6 Å². The fourth-order valence-electron chi connectivity index (χ4n) is 2.58. The highest BCUT2D eigenvalue weighted by molar-refractivity contribution is 9.10. The molecule has 0 amide bonds. The maximum atomic E-state index is 5.37. The van der Waals surface area contributed by atoms with Crippen LogP contribution in [0.2, 0.25) is 0 Å². The lowest BCUT2D eigenvalue weighted by atomic mass is 10.2. The third-order valence-corrected chi connectivity index (χ3v) is 4.33. The lowest BCUT2D eigenvalue weighted by Crippen LogP contribution is -2.45. The molecule has 1 aliphatic rings. The third-order valence-electron chi connectivity index (χ3n) is 3.84. The first-order valence-corrected chi connectivity index (χ1v) is 8.40. The van der Waals surface area contributed by atoms with Crippen LogP contribution in [0, 0.1) is 0 Å². The van der Waals surface area contributed by atoms with Crippen molar-refractivity contribution >= 4 is 28.0 Å². The van der Waals surface area contributed by atoms with Crippen LogP contribution in [0.15, 0.2) is 52.2 Å². The first kappa shape index (κ1) is 15.8. The number of halogens is 1. The highest BCUT2D eigenvalue weighted by atomic mass is 79.9. The molecule has 2 aromatic rings. The zero-order chi connectivity index (χ0) is 16.1. The number of H-pyrrole nitrogens is 1. The van der Waals surface area contributed by atoms with E-state index in [-0.39, 0.29) is 0 Å². The number of hydrogen-bond acceptors (Lipinski definition) is 4. The molecule has 0 spiro atoms. The minimum atomic E-state index is 0.828. The summed E-state index contributed by atoms with van der Waals surface area (Å²) in [5.74, 6) is 1.99. The highest BCUT2D eigenvalue weighted by Crippen LogP contribution is 2.21. The van der Waals surface area contributed by atoms with Gasteiger partial charge in [-0.15, -0.1) is 0 Å². The van der Waals surface area contributed by atoms with E-state index in [1.807, 2.05) is 36.7 Å². The molecule has 1 N–H and O–H groups in total. The number of aromatic nitrogens is 1. The Hall–Kier alpha value is -2.08. The first-order chi connectivity index (χ1) is 11.3. The SMILES string of the molecule is COc1ccc(Br)cc1/C=N/N1CCN(c2cccc[nH+]2)CC1. The monoisotopic (exact) mass is 375 g/mol. The second-order valence-electron chi connectivity index (χ2n) is 5.32. The molecule has 0 saturated carbocycles. The largest absolute Gasteiger partial charge is 0.496 e. The van der Waals surface area contributed by atoms with Gasteiger partial charge in [0.2, 0.25) is 0 Å². The Morgan fingerprint density at radius 2 is 2.00 bits per heavy atom. The molecule has 23 heavy (non-hydrogen) atoms. The summed E-state index contributed by atoms with van der Waals surface area (Å²) in [6, 6.07) is 12.1. The van der Waals surface area contributed by atoms with Gasteiger partial charge in [0.05, 0.1) is 32.6 Å². The van der Waals surface area contributed by atoms with E-state index < -0.39 is 0 Å². The maximum Gasteiger partial charge on any atom is 0.274 e. The first-order valence-electron chi connectivity index (χ1n) is 7.60. The molecule has 1 saturated heterocycles. The van der Waals surface area contributed by atoms with E-state index in [1.54, 1.807) is 7.11 Å². The van der Waals surface area contributed by atoms with Gasteiger partial charge in [-0.25, -0.2) is 4.98 Å². The van der Waals surface area contributed by atoms with Crippen molar-refractivity contribution < 1.29 is 9.72 Å². The Bertz CT molecular complexity index is 670. The van der Waals surface area contributed by atoms with Gasteiger partial charge >= 0.3 is 0 Å². The zero-order valence-corrected chi connectivity index (χ0v) is 14.7. The summed E-state index contributed by atoms with van der Waals surface area (Å²) >= 11 is 3.48. The zero-order valence-electron chi connectivity index (χ0n) is 13.1. The number of benzene rings is 1. The van der Waals surface area contributed by atoms with Gasteiger partial charge in [0.15, 0.2) is 0 Å². The van der Waals surface area contributed by atoms with Crippen molar-refractivity contribution in [3.8, 4) is 5.75 Å². The second-order valence-corrected chi connectivity index (χ2v) is 6.24. The number of nitrogens with one attached hydrogen (secondary N) is 1. The van der Waals surface area contributed by atoms with Crippen molar-refractivity contribution in [2.45, 2.75) is 0 Å². The molecule has 1 aromatic carbocycles. The van der Waals surface area contributed by atoms with E-state index in [9.17, 15) is 0 Å². The Kier molecular flexibility index (Phi) is 5.12. The molecule has 5 nitrogen and oxygen atoms in total. The van der Waals surface area contributed by atoms with Crippen LogP contribution in [0.25, 0.3) is 0 Å². The Balaban J connectivity index is 1.62. The van der Waals surface area contributed by atoms with E-state index in [1.165, 1.54) is 0 Å². The predicted molar refractivity (Wildman–Crippen MR) is 95.1 cm³/mol. The number of pyridine rings is 1. The van der Waals surface area contributed by atoms with Crippen molar-refractivity contribution in [2.24, 2.45) is 5.10 Å². The maximum absolute atomic E-state index is 5.37. The number of ether oxygens (including phenoxy) is 1. The summed E-state index contributed by atoms with van der Waals surface area (Å²) in [5, 5.41) is 6.70. The number of hydrogen-bond donors (Lipinski definition) is 0. The lowest BCUT2D eigenvalue weighted by molar-refractivity contribution is -0.364. The molecule has 0 radical (unpaired) electrons. The minimum Gasteiger partial charge on any atom is -0.496 e. The normalized spacial score (nSPS) is 15.2. The fourth-order valence-corrected chi connectivity index (χ4v) is 2.96. The molecule has 6 heteroatoms. The minimum absolute atomic E-state index is 0.828. The topological polar surface area (TPSA) is 42.2 Å². The van der Waals surface area contributed by atoms with Crippen LogP contribution in [0.5, 0.6) is 5.75 Å². The summed E-state index contributed by atoms with van der Waals surface area (Å²) in [6.07, 6.45) is 3.83. The van der Waals surface area contributed by atoms with Crippen molar-refractivity contribution in [1.82, 2.24) is 5.01 Å². The van der Waals surface area contributed by atoms with Gasteiger partial charge < -0.3 is 4.74 Å². The Labute approximate surface area is 144 Å². The summed E-state index contributed by atoms with van der Waals surface area (Å²) < 4.78 is 6.39. The van der Waals surface area contributed by atoms with Gasteiger partial charge in [-0.3, -0.25) is 9.91 Å². The lowest BCUT2D eigenvalue weighted by Gasteiger charge is -2.28. The average Bonchev–Trinajstić information content (AvgIpc) is 2.61. The molecule has 3 rings (SSSR count). The Morgan fingerprint density at radius 3 is 2.70 bits per heavy atom. The standard InChI is InChI=1S/C17H19BrN4O/c1-23-16-6-5-15(18)12-14(16)13-20-22-10-8-21(9-11-22)17-4-2-3-7-19-17/h2-7,12-13H,8-11H2,1H3/p+1/b20-13+. The van der Waals surface area contributed by atoms with Crippen LogP contribution in [0.4, 0.5) is 5.82 Å². The number of hydrazone groups is 1. The van der Waals surface area contributed by atoms with Gasteiger partial charge in [0.1, 0.15) is 18.8 Å². The van der Waals surface area contributed by atoms with E-state index in [2.05, 4.69) is 48.1 Å². The van der Waals surface area contributed by atoms with E-state index >= 15 is 0 Å². The van der Waals surface area contributed by atoms with Crippen LogP contribution < -0.4 is 14.6 Å². The number of piperazine rings is 1. The van der Waals surface area contributed by atoms with Gasteiger partial charge in [-0.05, 0) is 24.3 Å². The predicted octanol–water partition coefficient (Wildman–Crippen LogP) is 2.43. The van der Waals surface area contributed by atoms with E-state index in [4.69, 9.17) is 4.74 Å². The number of nitrogens with zero attached hydrogens (tertiary/aromatic N) is 3. The second kappa shape index (κ2) is 7.46. The molecular formula is C17H20BrN4O+. The summed E-state index contributed by atoms with van der Waals surface area (Å²) in [4.78, 5) is 5.62. The third kappa shape index (κ3) is 4.01. The fraction of sp³-hybridized carbons (Fsp3) is 0.294. The van der Waals surface area contributed by atoms with Gasteiger partial charge in [0, 0.05) is 16.1 Å². The number of anilines is 1. The highest BCUT2D eigenvalue weighted by Gasteiger charge is 2.21. The Morgan fingerprint density at radius 1 is 1.17 bits per heavy atom. The summed E-state index contributed by atoms with van der Waals surface area (Å²) in [6.45, 7) is 3.70. The smallest absolute Gasteiger partial charge is 0.274 e. The molecular weight excluding hydrogens is 356 g/mol. The molecule has 120 valence electrons. The van der Waals surface area contributed by atoms with Gasteiger partial charge in [-0.2, -0.15) is 5.10 Å². The van der Waals surface area contributed by atoms with Crippen LogP contribution in [0.1, 0.15) is 5.56 Å². The number of aromatic amines is 1. The van der Waals surface area contributed by atoms with Crippen LogP contribution in [0.3, 0.4) is 0 Å². The number of methoxy groups -OCH3 is 1. The van der Waals surface area contributed by atoms with E-state index in [0.717, 1.165) is 47.8 Å². The molecule has 1 fully saturated rings. The van der Waals surface area contributed by atoms with Crippen LogP contribution in [-0.4, -0.2) is 44.5 Å². The molecule has 0 aliphatic carbocycles.